The van der Waals surface area contributed by atoms with Gasteiger partial charge in [0.05, 0.1) is 11.8 Å². The van der Waals surface area contributed by atoms with Gasteiger partial charge in [-0.25, -0.2) is 0 Å². The lowest BCUT2D eigenvalue weighted by Crippen LogP contribution is -2.46. The highest BCUT2D eigenvalue weighted by atomic mass is 35.5. The Bertz CT molecular complexity index is 927. The highest BCUT2D eigenvalue weighted by Gasteiger charge is 2.35. The van der Waals surface area contributed by atoms with Gasteiger partial charge in [-0.15, -0.1) is 0 Å². The van der Waals surface area contributed by atoms with Crippen molar-refractivity contribution in [1.82, 2.24) is 10.3 Å². The molecule has 160 valence electrons. The standard InChI is InChI=1S/C20H21ClF3N5S/c21-17-4-2-1-3-15(17)13-28-7-9-29(10-8-28)18-6-5-14(12-26-27-19(25)30)11-16(18)20(22,23)24/h1-6,11-12H,7-10,13H2,(H3,25,27,30)/b26-12+. The molecule has 30 heavy (non-hydrogen) atoms. The molecule has 0 unspecified atom stereocenters. The van der Waals surface area contributed by atoms with Gasteiger partial charge in [0.2, 0.25) is 0 Å². The van der Waals surface area contributed by atoms with Crippen molar-refractivity contribution < 1.29 is 13.2 Å². The van der Waals surface area contributed by atoms with Gasteiger partial charge in [-0.05, 0) is 41.5 Å². The highest BCUT2D eigenvalue weighted by Crippen LogP contribution is 2.37. The summed E-state index contributed by atoms with van der Waals surface area (Å²) in [4.78, 5) is 3.95. The molecule has 0 saturated carbocycles. The van der Waals surface area contributed by atoms with E-state index in [9.17, 15) is 13.2 Å². The van der Waals surface area contributed by atoms with Crippen LogP contribution < -0.4 is 16.1 Å². The molecule has 0 aliphatic carbocycles. The smallest absolute Gasteiger partial charge is 0.375 e. The van der Waals surface area contributed by atoms with Crippen LogP contribution in [0, 0.1) is 0 Å². The van der Waals surface area contributed by atoms with Crippen molar-refractivity contribution >= 4 is 40.8 Å². The van der Waals surface area contributed by atoms with Gasteiger partial charge in [-0.1, -0.05) is 35.9 Å². The van der Waals surface area contributed by atoms with Crippen molar-refractivity contribution in [2.75, 3.05) is 31.1 Å². The maximum absolute atomic E-state index is 13.7. The summed E-state index contributed by atoms with van der Waals surface area (Å²) in [6, 6.07) is 11.7. The van der Waals surface area contributed by atoms with Gasteiger partial charge in [-0.3, -0.25) is 10.3 Å². The maximum Gasteiger partial charge on any atom is 0.418 e. The number of nitrogens with two attached hydrogens (primary N) is 1. The summed E-state index contributed by atoms with van der Waals surface area (Å²) in [6.07, 6.45) is -3.23. The second kappa shape index (κ2) is 9.63. The SMILES string of the molecule is NC(=S)N/N=C/c1ccc(N2CCN(Cc3ccccc3Cl)CC2)c(C(F)(F)F)c1. The third-order valence-electron chi connectivity index (χ3n) is 4.78. The van der Waals surface area contributed by atoms with Crippen LogP contribution in [0.5, 0.6) is 0 Å². The quantitative estimate of drug-likeness (QED) is 0.407. The van der Waals surface area contributed by atoms with Crippen molar-refractivity contribution in [2.24, 2.45) is 10.8 Å². The number of anilines is 1. The normalized spacial score (nSPS) is 15.5. The van der Waals surface area contributed by atoms with Crippen LogP contribution in [0.25, 0.3) is 0 Å². The molecule has 0 spiro atoms. The Morgan fingerprint density at radius 3 is 2.50 bits per heavy atom. The topological polar surface area (TPSA) is 56.9 Å². The molecule has 3 N–H and O–H groups in total. The largest absolute Gasteiger partial charge is 0.418 e. The Morgan fingerprint density at radius 2 is 1.87 bits per heavy atom. The summed E-state index contributed by atoms with van der Waals surface area (Å²) < 4.78 is 41.1. The maximum atomic E-state index is 13.7. The number of benzene rings is 2. The van der Waals surface area contributed by atoms with Crippen LogP contribution >= 0.6 is 23.8 Å². The van der Waals surface area contributed by atoms with E-state index in [4.69, 9.17) is 17.3 Å². The fraction of sp³-hybridized carbons (Fsp3) is 0.300. The number of nitrogens with zero attached hydrogens (tertiary/aromatic N) is 3. The van der Waals surface area contributed by atoms with Crippen LogP contribution in [-0.4, -0.2) is 42.4 Å². The molecule has 1 fully saturated rings. The molecule has 1 saturated heterocycles. The molecule has 2 aromatic carbocycles. The van der Waals surface area contributed by atoms with Crippen LogP contribution in [0.4, 0.5) is 18.9 Å². The molecule has 0 bridgehead atoms. The van der Waals surface area contributed by atoms with Gasteiger partial charge >= 0.3 is 6.18 Å². The summed E-state index contributed by atoms with van der Waals surface area (Å²) in [7, 11) is 0. The second-order valence-electron chi connectivity index (χ2n) is 6.86. The van der Waals surface area contributed by atoms with Crippen LogP contribution in [0.15, 0.2) is 47.6 Å². The number of alkyl halides is 3. The number of hydrogen-bond donors (Lipinski definition) is 2. The molecule has 0 radical (unpaired) electrons. The molecule has 2 aromatic rings. The Labute approximate surface area is 183 Å². The van der Waals surface area contributed by atoms with E-state index < -0.39 is 11.7 Å². The van der Waals surface area contributed by atoms with E-state index in [1.807, 2.05) is 24.3 Å². The Kier molecular flexibility index (Phi) is 7.17. The summed E-state index contributed by atoms with van der Waals surface area (Å²) in [5, 5.41) is 4.36. The van der Waals surface area contributed by atoms with Crippen molar-refractivity contribution in [3.8, 4) is 0 Å². The first-order valence-electron chi connectivity index (χ1n) is 9.24. The second-order valence-corrected chi connectivity index (χ2v) is 7.71. The minimum atomic E-state index is -4.48. The van der Waals surface area contributed by atoms with E-state index in [1.165, 1.54) is 12.3 Å². The Morgan fingerprint density at radius 1 is 1.17 bits per heavy atom. The van der Waals surface area contributed by atoms with Crippen molar-refractivity contribution in [3.63, 3.8) is 0 Å². The zero-order chi connectivity index (χ0) is 21.7. The number of hydrazone groups is 1. The van der Waals surface area contributed by atoms with E-state index in [-0.39, 0.29) is 10.8 Å². The summed E-state index contributed by atoms with van der Waals surface area (Å²) in [5.41, 5.74) is 8.37. The minimum Gasteiger partial charge on any atom is -0.375 e. The zero-order valence-electron chi connectivity index (χ0n) is 16.0. The average molecular weight is 456 g/mol. The molecule has 1 aliphatic heterocycles. The average Bonchev–Trinajstić information content (AvgIpc) is 2.69. The van der Waals surface area contributed by atoms with Gasteiger partial charge < -0.3 is 10.6 Å². The van der Waals surface area contributed by atoms with E-state index >= 15 is 0 Å². The van der Waals surface area contributed by atoms with E-state index in [1.54, 1.807) is 11.0 Å². The molecule has 3 rings (SSSR count). The lowest BCUT2D eigenvalue weighted by molar-refractivity contribution is -0.137. The summed E-state index contributed by atoms with van der Waals surface area (Å²) >= 11 is 10.8. The zero-order valence-corrected chi connectivity index (χ0v) is 17.6. The van der Waals surface area contributed by atoms with Crippen molar-refractivity contribution in [1.29, 1.82) is 0 Å². The monoisotopic (exact) mass is 455 g/mol. The fourth-order valence-corrected chi connectivity index (χ4v) is 3.57. The molecule has 10 heteroatoms. The lowest BCUT2D eigenvalue weighted by atomic mass is 10.1. The number of thiocarbonyl (C=S) groups is 1. The minimum absolute atomic E-state index is 0.0615. The molecule has 5 nitrogen and oxygen atoms in total. The molecular weight excluding hydrogens is 435 g/mol. The predicted molar refractivity (Wildman–Crippen MR) is 118 cm³/mol. The van der Waals surface area contributed by atoms with Crippen LogP contribution in [0.2, 0.25) is 5.02 Å². The van der Waals surface area contributed by atoms with Crippen LogP contribution in [0.1, 0.15) is 16.7 Å². The van der Waals surface area contributed by atoms with Gasteiger partial charge in [0.25, 0.3) is 0 Å². The van der Waals surface area contributed by atoms with Gasteiger partial charge in [0, 0.05) is 43.4 Å². The fourth-order valence-electron chi connectivity index (χ4n) is 3.32. The first-order valence-corrected chi connectivity index (χ1v) is 10.0. The number of piperazine rings is 1. The lowest BCUT2D eigenvalue weighted by Gasteiger charge is -2.37. The first-order chi connectivity index (χ1) is 14.2. The molecule has 1 aliphatic rings. The van der Waals surface area contributed by atoms with Crippen molar-refractivity contribution in [2.45, 2.75) is 12.7 Å². The number of hydrogen-bond acceptors (Lipinski definition) is 4. The highest BCUT2D eigenvalue weighted by molar-refractivity contribution is 7.80. The molecule has 0 amide bonds. The van der Waals surface area contributed by atoms with Gasteiger partial charge in [0.1, 0.15) is 0 Å². The predicted octanol–water partition coefficient (Wildman–Crippen LogP) is 3.85. The van der Waals surface area contributed by atoms with Crippen molar-refractivity contribution in [3.05, 3.63) is 64.2 Å². The van der Waals surface area contributed by atoms with Crippen LogP contribution in [-0.2, 0) is 12.7 Å². The molecule has 0 atom stereocenters. The first kappa shape index (κ1) is 22.3. The number of halogens is 4. The Balaban J connectivity index is 1.72. The van der Waals surface area contributed by atoms with Gasteiger partial charge in [-0.2, -0.15) is 18.3 Å². The van der Waals surface area contributed by atoms with E-state index in [0.29, 0.717) is 43.3 Å². The Hall–Kier alpha value is -2.36. The van der Waals surface area contributed by atoms with E-state index in [2.05, 4.69) is 27.6 Å². The van der Waals surface area contributed by atoms with E-state index in [0.717, 1.165) is 11.6 Å². The number of rotatable bonds is 5. The third kappa shape index (κ3) is 5.84. The summed E-state index contributed by atoms with van der Waals surface area (Å²) in [5.74, 6) is 0. The summed E-state index contributed by atoms with van der Waals surface area (Å²) in [6.45, 7) is 2.94. The van der Waals surface area contributed by atoms with Crippen LogP contribution in [0.3, 0.4) is 0 Å². The molecular formula is C20H21ClF3N5S. The molecule has 0 aromatic heterocycles. The number of nitrogens with one attached hydrogen (secondary N) is 1. The molecule has 1 heterocycles. The van der Waals surface area contributed by atoms with Gasteiger partial charge in [0.15, 0.2) is 5.11 Å². The third-order valence-corrected chi connectivity index (χ3v) is 5.24.